The van der Waals surface area contributed by atoms with Crippen molar-refractivity contribution in [3.63, 3.8) is 0 Å². The van der Waals surface area contributed by atoms with Gasteiger partial charge in [-0.05, 0) is 18.2 Å². The summed E-state index contributed by atoms with van der Waals surface area (Å²) >= 11 is 0. The summed E-state index contributed by atoms with van der Waals surface area (Å²) in [6.07, 6.45) is -5.13. The number of benzene rings is 1. The van der Waals surface area contributed by atoms with E-state index in [1.54, 1.807) is 12.1 Å². The van der Waals surface area contributed by atoms with Gasteiger partial charge in [-0.15, -0.1) is 5.10 Å². The van der Waals surface area contributed by atoms with E-state index in [1.807, 2.05) is 0 Å². The van der Waals surface area contributed by atoms with Gasteiger partial charge in [0.1, 0.15) is 18.4 Å². The average molecular weight is 549 g/mol. The maximum atomic E-state index is 11.9. The van der Waals surface area contributed by atoms with Crippen LogP contribution < -0.4 is 0 Å². The Hall–Kier alpha value is -4.37. The molecule has 0 unspecified atom stereocenters. The summed E-state index contributed by atoms with van der Waals surface area (Å²) in [4.78, 5) is 58.3. The Bertz CT molecular complexity index is 1230. The topological polar surface area (TPSA) is 192 Å². The molecule has 39 heavy (non-hydrogen) atoms. The SMILES string of the molecule is CC(=O)OC[C@H]1O[C@H](OCc2cn(-c3cccc(C(=O)O)c3)nn2)[C@@H](OC(C)=O)[C@@H](OC(C)=O)[C@@H]1OC(C)=O. The van der Waals surface area contributed by atoms with Crippen LogP contribution in [0.1, 0.15) is 43.7 Å². The summed E-state index contributed by atoms with van der Waals surface area (Å²) in [6.45, 7) is 3.87. The van der Waals surface area contributed by atoms with Crippen LogP contribution in [0, 0.1) is 0 Å². The number of carboxylic acid groups (broad SMARTS) is 1. The van der Waals surface area contributed by atoms with Gasteiger partial charge in [-0.1, -0.05) is 11.3 Å². The number of carbonyl (C=O) groups excluding carboxylic acids is 4. The van der Waals surface area contributed by atoms with Crippen LogP contribution in [-0.2, 0) is 54.2 Å². The number of hydrogen-bond acceptors (Lipinski definition) is 13. The van der Waals surface area contributed by atoms with Crippen molar-refractivity contribution in [2.24, 2.45) is 0 Å². The van der Waals surface area contributed by atoms with E-state index in [-0.39, 0.29) is 17.9 Å². The predicted octanol–water partition coefficient (Wildman–Crippen LogP) is 0.565. The normalized spacial score (nSPS) is 22.4. The maximum Gasteiger partial charge on any atom is 0.335 e. The van der Waals surface area contributed by atoms with Gasteiger partial charge in [0.25, 0.3) is 0 Å². The predicted molar refractivity (Wildman–Crippen MR) is 125 cm³/mol. The van der Waals surface area contributed by atoms with Crippen LogP contribution >= 0.6 is 0 Å². The van der Waals surface area contributed by atoms with E-state index in [2.05, 4.69) is 10.3 Å². The number of carbonyl (C=O) groups is 5. The molecule has 0 aliphatic carbocycles. The van der Waals surface area contributed by atoms with Gasteiger partial charge in [0.05, 0.1) is 24.1 Å². The van der Waals surface area contributed by atoms with Crippen LogP contribution in [-0.4, -0.2) is 87.3 Å². The molecule has 1 N–H and O–H groups in total. The summed E-state index contributed by atoms with van der Waals surface area (Å²) in [5, 5.41) is 17.2. The smallest absolute Gasteiger partial charge is 0.335 e. The third-order valence-corrected chi connectivity index (χ3v) is 5.24. The zero-order valence-corrected chi connectivity index (χ0v) is 21.5. The Balaban J connectivity index is 1.86. The molecule has 0 spiro atoms. The molecule has 1 fully saturated rings. The second-order valence-electron chi connectivity index (χ2n) is 8.39. The second kappa shape index (κ2) is 12.9. The summed E-state index contributed by atoms with van der Waals surface area (Å²) in [5.41, 5.74) is 0.767. The largest absolute Gasteiger partial charge is 0.478 e. The average Bonchev–Trinajstić information content (AvgIpc) is 3.33. The molecular formula is C24H27N3O12. The Labute approximate surface area is 221 Å². The molecule has 0 bridgehead atoms. The highest BCUT2D eigenvalue weighted by molar-refractivity contribution is 5.88. The summed E-state index contributed by atoms with van der Waals surface area (Å²) < 4.78 is 34.0. The van der Waals surface area contributed by atoms with Crippen molar-refractivity contribution < 1.29 is 57.5 Å². The Morgan fingerprint density at radius 2 is 1.56 bits per heavy atom. The molecule has 2 aromatic rings. The van der Waals surface area contributed by atoms with E-state index < -0.39 is 67.2 Å². The third-order valence-electron chi connectivity index (χ3n) is 5.24. The van der Waals surface area contributed by atoms with E-state index in [4.69, 9.17) is 28.4 Å². The van der Waals surface area contributed by atoms with E-state index >= 15 is 0 Å². The standard InChI is InChI=1S/C24H27N3O12/c1-12(28)34-11-19-20(36-13(2)29)21(37-14(3)30)22(38-15(4)31)24(39-19)35-10-17-9-27(26-25-17)18-7-5-6-16(8-18)23(32)33/h5-9,19-22,24H,10-11H2,1-4H3,(H,32,33)/t19-,20-,21+,22+,24+/m1/s1. The van der Waals surface area contributed by atoms with Crippen LogP contribution in [0.25, 0.3) is 5.69 Å². The molecule has 15 nitrogen and oxygen atoms in total. The van der Waals surface area contributed by atoms with Gasteiger partial charge in [0, 0.05) is 27.7 Å². The number of ether oxygens (including phenoxy) is 6. The minimum absolute atomic E-state index is 0.0540. The van der Waals surface area contributed by atoms with E-state index in [0.29, 0.717) is 5.69 Å². The summed E-state index contributed by atoms with van der Waals surface area (Å²) in [6, 6.07) is 6.01. The number of aromatic carboxylic acids is 1. The van der Waals surface area contributed by atoms with Gasteiger partial charge in [0.2, 0.25) is 0 Å². The molecule has 1 aliphatic rings. The fourth-order valence-corrected chi connectivity index (χ4v) is 3.76. The lowest BCUT2D eigenvalue weighted by molar-refractivity contribution is -0.310. The van der Waals surface area contributed by atoms with Crippen LogP contribution in [0.15, 0.2) is 30.5 Å². The first-order valence-corrected chi connectivity index (χ1v) is 11.6. The van der Waals surface area contributed by atoms with Crippen molar-refractivity contribution in [1.82, 2.24) is 15.0 Å². The fraction of sp³-hybridized carbons (Fsp3) is 0.458. The van der Waals surface area contributed by atoms with Gasteiger partial charge in [-0.2, -0.15) is 0 Å². The van der Waals surface area contributed by atoms with Gasteiger partial charge >= 0.3 is 29.8 Å². The van der Waals surface area contributed by atoms with Crippen molar-refractivity contribution in [2.75, 3.05) is 6.61 Å². The number of rotatable bonds is 10. The Morgan fingerprint density at radius 3 is 2.18 bits per heavy atom. The van der Waals surface area contributed by atoms with Crippen molar-refractivity contribution >= 4 is 29.8 Å². The molecule has 5 atom stereocenters. The molecule has 1 aromatic carbocycles. The number of carboxylic acids is 1. The van der Waals surface area contributed by atoms with Crippen molar-refractivity contribution in [1.29, 1.82) is 0 Å². The lowest BCUT2D eigenvalue weighted by Gasteiger charge is -2.43. The van der Waals surface area contributed by atoms with Crippen LogP contribution in [0.4, 0.5) is 0 Å². The first kappa shape index (κ1) is 29.2. The van der Waals surface area contributed by atoms with Gasteiger partial charge in [0.15, 0.2) is 24.6 Å². The zero-order chi connectivity index (χ0) is 28.7. The van der Waals surface area contributed by atoms with E-state index in [9.17, 15) is 29.1 Å². The molecule has 1 aromatic heterocycles. The number of nitrogens with zero attached hydrogens (tertiary/aromatic N) is 3. The molecule has 2 heterocycles. The number of hydrogen-bond donors (Lipinski definition) is 1. The third kappa shape index (κ3) is 8.05. The van der Waals surface area contributed by atoms with Crippen molar-refractivity contribution in [3.8, 4) is 5.69 Å². The maximum absolute atomic E-state index is 11.9. The van der Waals surface area contributed by atoms with Crippen LogP contribution in [0.2, 0.25) is 0 Å². The lowest BCUT2D eigenvalue weighted by Crippen LogP contribution is -2.62. The van der Waals surface area contributed by atoms with Gasteiger partial charge in [-0.25, -0.2) is 9.48 Å². The van der Waals surface area contributed by atoms with Gasteiger partial charge in [-0.3, -0.25) is 19.2 Å². The molecular weight excluding hydrogens is 522 g/mol. The van der Waals surface area contributed by atoms with E-state index in [1.165, 1.54) is 29.9 Å². The molecule has 0 saturated carbocycles. The molecule has 210 valence electrons. The second-order valence-corrected chi connectivity index (χ2v) is 8.39. The first-order chi connectivity index (χ1) is 18.4. The zero-order valence-electron chi connectivity index (χ0n) is 21.5. The van der Waals surface area contributed by atoms with Crippen molar-refractivity contribution in [3.05, 3.63) is 41.7 Å². The summed E-state index contributed by atoms with van der Waals surface area (Å²) in [7, 11) is 0. The molecule has 15 heteroatoms. The lowest BCUT2D eigenvalue weighted by atomic mass is 9.98. The Kier molecular flexibility index (Phi) is 9.68. The van der Waals surface area contributed by atoms with Gasteiger partial charge < -0.3 is 33.5 Å². The highest BCUT2D eigenvalue weighted by Gasteiger charge is 2.52. The van der Waals surface area contributed by atoms with Crippen molar-refractivity contribution in [2.45, 2.75) is 65.0 Å². The summed E-state index contributed by atoms with van der Waals surface area (Å²) in [5.74, 6) is -4.04. The molecule has 3 rings (SSSR count). The van der Waals surface area contributed by atoms with Crippen LogP contribution in [0.5, 0.6) is 0 Å². The monoisotopic (exact) mass is 549 g/mol. The number of esters is 4. The van der Waals surface area contributed by atoms with E-state index in [0.717, 1.165) is 20.8 Å². The molecule has 0 radical (unpaired) electrons. The highest BCUT2D eigenvalue weighted by atomic mass is 16.7. The first-order valence-electron chi connectivity index (χ1n) is 11.6. The molecule has 0 amide bonds. The Morgan fingerprint density at radius 1 is 0.923 bits per heavy atom. The minimum Gasteiger partial charge on any atom is -0.478 e. The van der Waals surface area contributed by atoms with Crippen LogP contribution in [0.3, 0.4) is 0 Å². The fourth-order valence-electron chi connectivity index (χ4n) is 3.76. The highest BCUT2D eigenvalue weighted by Crippen LogP contribution is 2.30. The minimum atomic E-state index is -1.38. The molecule has 1 saturated heterocycles. The molecule has 1 aliphatic heterocycles. The quantitative estimate of drug-likeness (QED) is 0.319. The number of aromatic nitrogens is 3.